The van der Waals surface area contributed by atoms with Gasteiger partial charge in [0.25, 0.3) is 11.8 Å². The molecule has 2 bridgehead atoms. The minimum absolute atomic E-state index is 0.0285. The molecule has 5 rings (SSSR count). The number of rotatable bonds is 26. The van der Waals surface area contributed by atoms with E-state index < -0.39 is 54.2 Å². The summed E-state index contributed by atoms with van der Waals surface area (Å²) in [6.45, 7) is 11.2. The number of methoxy groups -OCH3 is 2. The van der Waals surface area contributed by atoms with E-state index in [9.17, 15) is 38.7 Å². The molecule has 1 unspecified atom stereocenters. The van der Waals surface area contributed by atoms with Crippen molar-refractivity contribution in [2.45, 2.75) is 160 Å². The van der Waals surface area contributed by atoms with Crippen LogP contribution < -0.4 is 10.6 Å². The Morgan fingerprint density at radius 3 is 2.15 bits per heavy atom. The smallest absolute Gasteiger partial charge is 0.326 e. The van der Waals surface area contributed by atoms with Gasteiger partial charge in [-0.05, 0) is 74.8 Å². The van der Waals surface area contributed by atoms with Crippen LogP contribution in [0.1, 0.15) is 111 Å². The van der Waals surface area contributed by atoms with Crippen molar-refractivity contribution in [1.82, 2.24) is 30.2 Å². The number of likely N-dealkylation sites (N-methyl/N-ethyl adjacent to an activating group) is 1. The number of hydrogen-bond donors (Lipinski definition) is 3. The van der Waals surface area contributed by atoms with E-state index in [1.807, 2.05) is 58.0 Å². The molecule has 0 radical (unpaired) electrons. The summed E-state index contributed by atoms with van der Waals surface area (Å²) in [7, 11) is 4.78. The maximum absolute atomic E-state index is 14.7. The molecular formula is C50H76N6O10. The third-order valence-electron chi connectivity index (χ3n) is 14.8. The number of unbranched alkanes of at least 4 members (excludes halogenated alkanes) is 3. The van der Waals surface area contributed by atoms with Crippen molar-refractivity contribution in [3.05, 3.63) is 48.0 Å². The van der Waals surface area contributed by atoms with Crippen molar-refractivity contribution < 1.29 is 48.1 Å². The van der Waals surface area contributed by atoms with Crippen LogP contribution >= 0.6 is 0 Å². The van der Waals surface area contributed by atoms with E-state index in [4.69, 9.17) is 9.47 Å². The molecule has 3 fully saturated rings. The summed E-state index contributed by atoms with van der Waals surface area (Å²) in [6, 6.07) is 6.20. The fourth-order valence-electron chi connectivity index (χ4n) is 11.0. The molecule has 2 saturated heterocycles. The Balaban J connectivity index is 1.21. The Morgan fingerprint density at radius 1 is 0.879 bits per heavy atom. The number of nitrogens with zero attached hydrogens (tertiary/aromatic N) is 4. The minimum Gasteiger partial charge on any atom is -0.480 e. The number of likely N-dealkylation sites (tertiary alicyclic amines) is 2. The van der Waals surface area contributed by atoms with Crippen molar-refractivity contribution in [3.63, 3.8) is 0 Å². The topological polar surface area (TPSA) is 195 Å². The van der Waals surface area contributed by atoms with Gasteiger partial charge in [-0.15, -0.1) is 0 Å². The number of piperidine rings is 1. The number of carboxylic acids is 1. The fourth-order valence-corrected chi connectivity index (χ4v) is 11.0. The summed E-state index contributed by atoms with van der Waals surface area (Å²) in [4.78, 5) is 99.9. The van der Waals surface area contributed by atoms with Gasteiger partial charge in [-0.25, -0.2) is 4.79 Å². The molecular weight excluding hydrogens is 845 g/mol. The summed E-state index contributed by atoms with van der Waals surface area (Å²) in [5.74, 6) is -3.56. The molecule has 3 heterocycles. The zero-order valence-corrected chi connectivity index (χ0v) is 40.5. The van der Waals surface area contributed by atoms with Gasteiger partial charge in [0.1, 0.15) is 12.1 Å². The van der Waals surface area contributed by atoms with Crippen molar-refractivity contribution in [1.29, 1.82) is 0 Å². The molecule has 66 heavy (non-hydrogen) atoms. The summed E-state index contributed by atoms with van der Waals surface area (Å²) < 4.78 is 12.0. The molecule has 0 aromatic heterocycles. The summed E-state index contributed by atoms with van der Waals surface area (Å²) in [6.07, 6.45) is 9.69. The maximum atomic E-state index is 14.7. The second kappa shape index (κ2) is 24.4. The highest BCUT2D eigenvalue weighted by Crippen LogP contribution is 2.43. The highest BCUT2D eigenvalue weighted by atomic mass is 16.5. The fraction of sp³-hybridized carbons (Fsp3) is 0.700. The van der Waals surface area contributed by atoms with Crippen molar-refractivity contribution in [3.8, 4) is 0 Å². The lowest BCUT2D eigenvalue weighted by molar-refractivity contribution is -0.148. The summed E-state index contributed by atoms with van der Waals surface area (Å²) >= 11 is 0. The Labute approximate surface area is 391 Å². The molecule has 1 aromatic carbocycles. The van der Waals surface area contributed by atoms with Crippen LogP contribution in [0.4, 0.5) is 0 Å². The number of fused-ring (bicyclic) bond motifs is 2. The number of aliphatic carboxylic acids is 1. The highest BCUT2D eigenvalue weighted by molar-refractivity contribution is 6.12. The van der Waals surface area contributed by atoms with Crippen molar-refractivity contribution in [2.75, 3.05) is 40.9 Å². The van der Waals surface area contributed by atoms with Crippen LogP contribution in [-0.2, 0) is 49.5 Å². The average molecular weight is 921 g/mol. The number of carbonyl (C=O) groups is 7. The average Bonchev–Trinajstić information content (AvgIpc) is 4.12. The number of nitrogens with one attached hydrogen (secondary N) is 2. The van der Waals surface area contributed by atoms with Crippen LogP contribution in [0.25, 0.3) is 0 Å². The Bertz CT molecular complexity index is 1860. The first-order valence-electron chi connectivity index (χ1n) is 24.3. The molecule has 1 aromatic rings. The van der Waals surface area contributed by atoms with Crippen LogP contribution in [-0.4, -0.2) is 155 Å². The minimum atomic E-state index is -1.15. The Kier molecular flexibility index (Phi) is 19.3. The maximum Gasteiger partial charge on any atom is 0.326 e. The van der Waals surface area contributed by atoms with E-state index in [0.717, 1.165) is 57.1 Å². The van der Waals surface area contributed by atoms with Gasteiger partial charge in [0.05, 0.1) is 42.7 Å². The summed E-state index contributed by atoms with van der Waals surface area (Å²) in [5, 5.41) is 15.8. The molecule has 3 N–H and O–H groups in total. The van der Waals surface area contributed by atoms with E-state index in [2.05, 4.69) is 15.5 Å². The molecule has 16 nitrogen and oxygen atoms in total. The van der Waals surface area contributed by atoms with E-state index in [-0.39, 0.29) is 66.2 Å². The van der Waals surface area contributed by atoms with Crippen LogP contribution in [0.3, 0.4) is 0 Å². The van der Waals surface area contributed by atoms with Gasteiger partial charge in [0.2, 0.25) is 23.6 Å². The molecule has 11 atom stereocenters. The second-order valence-corrected chi connectivity index (χ2v) is 19.4. The molecule has 1 saturated carbocycles. The summed E-state index contributed by atoms with van der Waals surface area (Å²) in [5.41, 5.74) is 0.778. The first-order chi connectivity index (χ1) is 31.5. The van der Waals surface area contributed by atoms with Crippen LogP contribution in [0.5, 0.6) is 0 Å². The quantitative estimate of drug-likeness (QED) is 0.0891. The van der Waals surface area contributed by atoms with Crippen molar-refractivity contribution in [2.24, 2.45) is 23.7 Å². The first-order valence-corrected chi connectivity index (χ1v) is 24.3. The molecule has 4 aliphatic rings. The zero-order valence-electron chi connectivity index (χ0n) is 40.5. The van der Waals surface area contributed by atoms with Crippen molar-refractivity contribution >= 4 is 41.4 Å². The highest BCUT2D eigenvalue weighted by Gasteiger charge is 2.50. The molecule has 3 aliphatic heterocycles. The van der Waals surface area contributed by atoms with Gasteiger partial charge in [-0.3, -0.25) is 38.6 Å². The van der Waals surface area contributed by atoms with Gasteiger partial charge < -0.3 is 35.0 Å². The number of hydrogen-bond acceptors (Lipinski definition) is 10. The second-order valence-electron chi connectivity index (χ2n) is 19.4. The third kappa shape index (κ3) is 12.6. The van der Waals surface area contributed by atoms with Gasteiger partial charge >= 0.3 is 5.97 Å². The number of carbonyl (C=O) groups excluding carboxylic acids is 6. The number of amides is 6. The third-order valence-corrected chi connectivity index (χ3v) is 14.8. The van der Waals surface area contributed by atoms with Gasteiger partial charge in [0, 0.05) is 59.0 Å². The van der Waals surface area contributed by atoms with E-state index in [1.165, 1.54) is 24.2 Å². The molecule has 16 heteroatoms. The lowest BCUT2D eigenvalue weighted by Gasteiger charge is -2.41. The van der Waals surface area contributed by atoms with E-state index in [1.54, 1.807) is 30.9 Å². The standard InChI is InChI=1S/C50H76N6O10/c1-9-32(4)44(39(65-7)30-42(59)55-27-17-20-38(55)46(66-8)33(5)47(60)51-37(50(63)64)28-34-18-13-12-14-19-34)53(6)49(62)43(31(2)3)52-48(61)45-35-21-22-36(29-35)54(45)25-15-10-11-16-26-56-40(57)23-24-41(56)58/h12-14,18-19,23-24,31-33,35-39,43-46H,9-11,15-17,20-22,25-30H2,1-8H3,(H,51,60)(H,52,61)(H,63,64)/t32-,33+,35?,36-,37-,38-,39+,43-,44-,45-,46+/m0/s1. The molecule has 1 aliphatic carbocycles. The molecule has 6 amide bonds. The SMILES string of the molecule is CC[C@H](C)[C@@H]([C@@H](CC(=O)N1CCC[C@H]1[C@H](OC)[C@@H](C)C(=O)N[C@@H](Cc1ccccc1)C(=O)O)OC)N(C)C(=O)[C@@H](NC(=O)[C@@H]1C2CC[C@@H](C2)N1CCCCCCN1C(=O)C=CC1=O)C(C)C. The van der Waals surface area contributed by atoms with Crippen LogP contribution in [0.2, 0.25) is 0 Å². The first kappa shape index (κ1) is 52.3. The van der Waals surface area contributed by atoms with Gasteiger partial charge in [-0.2, -0.15) is 0 Å². The number of imide groups is 1. The number of carboxylic acid groups (broad SMARTS) is 1. The normalized spacial score (nSPS) is 23.7. The Morgan fingerprint density at radius 2 is 1.55 bits per heavy atom. The largest absolute Gasteiger partial charge is 0.480 e. The number of benzene rings is 1. The van der Waals surface area contributed by atoms with Gasteiger partial charge in [0.15, 0.2) is 0 Å². The monoisotopic (exact) mass is 921 g/mol. The predicted molar refractivity (Wildman–Crippen MR) is 249 cm³/mol. The Hall–Kier alpha value is -4.67. The predicted octanol–water partition coefficient (Wildman–Crippen LogP) is 4.20. The lowest BCUT2D eigenvalue weighted by atomic mass is 9.89. The van der Waals surface area contributed by atoms with Crippen LogP contribution in [0, 0.1) is 23.7 Å². The number of ether oxygens (including phenoxy) is 2. The van der Waals surface area contributed by atoms with Crippen LogP contribution in [0.15, 0.2) is 42.5 Å². The van der Waals surface area contributed by atoms with E-state index in [0.29, 0.717) is 38.4 Å². The van der Waals surface area contributed by atoms with Gasteiger partial charge in [-0.1, -0.05) is 84.2 Å². The van der Waals surface area contributed by atoms with E-state index >= 15 is 0 Å². The lowest BCUT2D eigenvalue weighted by Crippen LogP contribution is -2.60. The molecule has 366 valence electrons. The zero-order chi connectivity index (χ0) is 48.2. The molecule has 0 spiro atoms.